The highest BCUT2D eigenvalue weighted by atomic mass is 16.5. The van der Waals surface area contributed by atoms with Crippen LogP contribution >= 0.6 is 0 Å². The molecule has 0 aromatic heterocycles. The fourth-order valence-electron chi connectivity index (χ4n) is 2.34. The molecule has 0 saturated heterocycles. The van der Waals surface area contributed by atoms with E-state index in [4.69, 9.17) is 14.2 Å². The SMILES string of the molecule is COc1ccc(C(O)CCC2CC2)c(OC)c1OC. The number of hydrogen-bond acceptors (Lipinski definition) is 4. The molecule has 4 nitrogen and oxygen atoms in total. The van der Waals surface area contributed by atoms with E-state index in [9.17, 15) is 5.11 Å². The Morgan fingerprint density at radius 1 is 1.11 bits per heavy atom. The van der Waals surface area contributed by atoms with Gasteiger partial charge >= 0.3 is 0 Å². The maximum atomic E-state index is 10.3. The van der Waals surface area contributed by atoms with Gasteiger partial charge in [0.05, 0.1) is 27.4 Å². The van der Waals surface area contributed by atoms with Crippen molar-refractivity contribution >= 4 is 0 Å². The van der Waals surface area contributed by atoms with Gasteiger partial charge < -0.3 is 19.3 Å². The molecule has 0 bridgehead atoms. The molecule has 1 N–H and O–H groups in total. The average Bonchev–Trinajstić information content (AvgIpc) is 3.26. The smallest absolute Gasteiger partial charge is 0.203 e. The van der Waals surface area contributed by atoms with Gasteiger partial charge in [0.1, 0.15) is 0 Å². The molecule has 1 saturated carbocycles. The molecule has 4 heteroatoms. The summed E-state index contributed by atoms with van der Waals surface area (Å²) in [5, 5.41) is 10.3. The Morgan fingerprint density at radius 3 is 2.32 bits per heavy atom. The van der Waals surface area contributed by atoms with E-state index in [1.807, 2.05) is 6.07 Å². The molecule has 0 amide bonds. The van der Waals surface area contributed by atoms with Crippen molar-refractivity contribution in [1.29, 1.82) is 0 Å². The lowest BCUT2D eigenvalue weighted by Crippen LogP contribution is -2.04. The number of aliphatic hydroxyl groups is 1. The Kier molecular flexibility index (Phi) is 4.53. The molecule has 1 aromatic carbocycles. The van der Waals surface area contributed by atoms with Crippen LogP contribution in [0.2, 0.25) is 0 Å². The maximum Gasteiger partial charge on any atom is 0.203 e. The molecule has 1 aliphatic rings. The monoisotopic (exact) mass is 266 g/mol. The Balaban J connectivity index is 2.22. The summed E-state index contributed by atoms with van der Waals surface area (Å²) in [6, 6.07) is 3.65. The predicted octanol–water partition coefficient (Wildman–Crippen LogP) is 2.94. The van der Waals surface area contributed by atoms with Crippen molar-refractivity contribution in [3.05, 3.63) is 17.7 Å². The van der Waals surface area contributed by atoms with Gasteiger partial charge in [-0.2, -0.15) is 0 Å². The lowest BCUT2D eigenvalue weighted by atomic mass is 10.0. The lowest BCUT2D eigenvalue weighted by molar-refractivity contribution is 0.157. The van der Waals surface area contributed by atoms with Crippen molar-refractivity contribution in [1.82, 2.24) is 0 Å². The van der Waals surface area contributed by atoms with Gasteiger partial charge in [0, 0.05) is 5.56 Å². The summed E-state index contributed by atoms with van der Waals surface area (Å²) in [5.74, 6) is 2.51. The molecule has 1 atom stereocenters. The third-order valence-corrected chi connectivity index (χ3v) is 3.64. The Labute approximate surface area is 114 Å². The molecule has 0 radical (unpaired) electrons. The first-order chi connectivity index (χ1) is 9.21. The number of ether oxygens (including phenoxy) is 3. The molecule has 0 spiro atoms. The number of methoxy groups -OCH3 is 3. The van der Waals surface area contributed by atoms with E-state index in [1.54, 1.807) is 27.4 Å². The fraction of sp³-hybridized carbons (Fsp3) is 0.600. The van der Waals surface area contributed by atoms with Crippen LogP contribution in [0.3, 0.4) is 0 Å². The highest BCUT2D eigenvalue weighted by molar-refractivity contribution is 5.56. The van der Waals surface area contributed by atoms with Gasteiger partial charge in [-0.15, -0.1) is 0 Å². The van der Waals surface area contributed by atoms with Crippen LogP contribution in [-0.4, -0.2) is 26.4 Å². The molecule has 19 heavy (non-hydrogen) atoms. The van der Waals surface area contributed by atoms with Gasteiger partial charge in [-0.25, -0.2) is 0 Å². The molecule has 0 heterocycles. The molecule has 2 rings (SSSR count). The summed E-state index contributed by atoms with van der Waals surface area (Å²) in [6.07, 6.45) is 3.91. The quantitative estimate of drug-likeness (QED) is 0.824. The van der Waals surface area contributed by atoms with Crippen LogP contribution in [-0.2, 0) is 0 Å². The first kappa shape index (κ1) is 14.0. The average molecular weight is 266 g/mol. The lowest BCUT2D eigenvalue weighted by Gasteiger charge is -2.19. The third-order valence-electron chi connectivity index (χ3n) is 3.64. The molecule has 1 aliphatic carbocycles. The zero-order valence-corrected chi connectivity index (χ0v) is 11.8. The van der Waals surface area contributed by atoms with E-state index in [0.717, 1.165) is 24.3 Å². The zero-order chi connectivity index (χ0) is 13.8. The largest absolute Gasteiger partial charge is 0.493 e. The zero-order valence-electron chi connectivity index (χ0n) is 11.8. The molecule has 1 aromatic rings. The maximum absolute atomic E-state index is 10.3. The second-order valence-electron chi connectivity index (χ2n) is 4.96. The van der Waals surface area contributed by atoms with Crippen LogP contribution in [0.1, 0.15) is 37.4 Å². The standard InChI is InChI=1S/C15H22O4/c1-17-13-9-7-11(14(18-2)15(13)19-3)12(16)8-6-10-4-5-10/h7,9-10,12,16H,4-6,8H2,1-3H3. The first-order valence-corrected chi connectivity index (χ1v) is 6.68. The highest BCUT2D eigenvalue weighted by Gasteiger charge is 2.25. The van der Waals surface area contributed by atoms with E-state index in [-0.39, 0.29) is 0 Å². The summed E-state index contributed by atoms with van der Waals surface area (Å²) >= 11 is 0. The van der Waals surface area contributed by atoms with E-state index in [1.165, 1.54) is 12.8 Å². The van der Waals surface area contributed by atoms with Gasteiger partial charge in [0.15, 0.2) is 11.5 Å². The summed E-state index contributed by atoms with van der Waals surface area (Å²) in [7, 11) is 4.73. The van der Waals surface area contributed by atoms with E-state index in [2.05, 4.69) is 0 Å². The molecule has 0 aliphatic heterocycles. The van der Waals surface area contributed by atoms with Crippen molar-refractivity contribution in [2.24, 2.45) is 5.92 Å². The van der Waals surface area contributed by atoms with Crippen LogP contribution in [0.15, 0.2) is 12.1 Å². The predicted molar refractivity (Wildman–Crippen MR) is 73.0 cm³/mol. The highest BCUT2D eigenvalue weighted by Crippen LogP contribution is 2.44. The van der Waals surface area contributed by atoms with Gasteiger partial charge in [-0.1, -0.05) is 12.8 Å². The Morgan fingerprint density at radius 2 is 1.79 bits per heavy atom. The van der Waals surface area contributed by atoms with Crippen LogP contribution in [0.5, 0.6) is 17.2 Å². The minimum absolute atomic E-state index is 0.518. The summed E-state index contributed by atoms with van der Waals surface area (Å²) < 4.78 is 15.9. The Bertz CT molecular complexity index is 426. The Hall–Kier alpha value is -1.42. The van der Waals surface area contributed by atoms with Crippen molar-refractivity contribution in [3.63, 3.8) is 0 Å². The van der Waals surface area contributed by atoms with Gasteiger partial charge in [-0.05, 0) is 30.9 Å². The summed E-state index contributed by atoms with van der Waals surface area (Å²) in [5.41, 5.74) is 0.765. The van der Waals surface area contributed by atoms with Crippen molar-refractivity contribution in [2.45, 2.75) is 31.8 Å². The number of hydrogen-bond donors (Lipinski definition) is 1. The number of benzene rings is 1. The number of aliphatic hydroxyl groups excluding tert-OH is 1. The van der Waals surface area contributed by atoms with Gasteiger partial charge in [0.25, 0.3) is 0 Å². The third kappa shape index (κ3) is 3.13. The molecule has 1 unspecified atom stereocenters. The molecule has 1 fully saturated rings. The second kappa shape index (κ2) is 6.15. The first-order valence-electron chi connectivity index (χ1n) is 6.68. The molecular formula is C15H22O4. The van der Waals surface area contributed by atoms with Crippen LogP contribution in [0.4, 0.5) is 0 Å². The summed E-state index contributed by atoms with van der Waals surface area (Å²) in [4.78, 5) is 0. The van der Waals surface area contributed by atoms with Gasteiger partial charge in [0.2, 0.25) is 5.75 Å². The number of rotatable bonds is 7. The summed E-state index contributed by atoms with van der Waals surface area (Å²) in [6.45, 7) is 0. The molecular weight excluding hydrogens is 244 g/mol. The van der Waals surface area contributed by atoms with E-state index >= 15 is 0 Å². The second-order valence-corrected chi connectivity index (χ2v) is 4.96. The van der Waals surface area contributed by atoms with E-state index < -0.39 is 6.10 Å². The minimum Gasteiger partial charge on any atom is -0.493 e. The van der Waals surface area contributed by atoms with E-state index in [0.29, 0.717) is 17.2 Å². The minimum atomic E-state index is -0.518. The van der Waals surface area contributed by atoms with Crippen molar-refractivity contribution < 1.29 is 19.3 Å². The fourth-order valence-corrected chi connectivity index (χ4v) is 2.34. The van der Waals surface area contributed by atoms with Crippen LogP contribution in [0, 0.1) is 5.92 Å². The molecule has 106 valence electrons. The van der Waals surface area contributed by atoms with Crippen molar-refractivity contribution in [3.8, 4) is 17.2 Å². The topological polar surface area (TPSA) is 47.9 Å². The van der Waals surface area contributed by atoms with Gasteiger partial charge in [-0.3, -0.25) is 0 Å². The normalized spacial score (nSPS) is 16.0. The van der Waals surface area contributed by atoms with Crippen molar-refractivity contribution in [2.75, 3.05) is 21.3 Å². The van der Waals surface area contributed by atoms with Crippen LogP contribution < -0.4 is 14.2 Å². The van der Waals surface area contributed by atoms with Crippen LogP contribution in [0.25, 0.3) is 0 Å².